The van der Waals surface area contributed by atoms with Gasteiger partial charge in [0.1, 0.15) is 6.61 Å². The molecule has 0 unspecified atom stereocenters. The number of Topliss-reactive ketones (excluding diaryl/α,β-unsaturated/α-hetero) is 1. The van der Waals surface area contributed by atoms with Crippen molar-refractivity contribution in [3.05, 3.63) is 0 Å². The van der Waals surface area contributed by atoms with E-state index in [9.17, 15) is 4.79 Å². The summed E-state index contributed by atoms with van der Waals surface area (Å²) < 4.78 is 5.44. The van der Waals surface area contributed by atoms with E-state index >= 15 is 0 Å². The van der Waals surface area contributed by atoms with E-state index in [0.29, 0.717) is 13.0 Å². The molecule has 1 aliphatic carbocycles. The molecule has 0 atom stereocenters. The van der Waals surface area contributed by atoms with Gasteiger partial charge in [0.05, 0.1) is 0 Å². The van der Waals surface area contributed by atoms with Gasteiger partial charge in [0.15, 0.2) is 5.78 Å². The highest BCUT2D eigenvalue weighted by atomic mass is 16.5. The van der Waals surface area contributed by atoms with Crippen LogP contribution in [-0.2, 0) is 9.53 Å². The third-order valence-corrected chi connectivity index (χ3v) is 2.87. The second kappa shape index (κ2) is 6.99. The van der Waals surface area contributed by atoms with Crippen LogP contribution < -0.4 is 0 Å². The van der Waals surface area contributed by atoms with E-state index < -0.39 is 0 Å². The lowest BCUT2D eigenvalue weighted by Gasteiger charge is -2.20. The number of carbonyl (C=O) groups excluding carboxylic acids is 1. The van der Waals surface area contributed by atoms with Crippen molar-refractivity contribution in [3.8, 4) is 0 Å². The van der Waals surface area contributed by atoms with Gasteiger partial charge in [0.25, 0.3) is 0 Å². The quantitative estimate of drug-likeness (QED) is 0.656. The minimum atomic E-state index is 0.253. The zero-order chi connectivity index (χ0) is 10.2. The summed E-state index contributed by atoms with van der Waals surface area (Å²) in [4.78, 5) is 11.2. The first kappa shape index (κ1) is 11.7. The molecule has 0 saturated heterocycles. The summed E-state index contributed by atoms with van der Waals surface area (Å²) in [7, 11) is 0. The third kappa shape index (κ3) is 4.75. The Hall–Kier alpha value is -0.370. The van der Waals surface area contributed by atoms with E-state index in [2.05, 4.69) is 0 Å². The molecule has 0 aliphatic heterocycles. The van der Waals surface area contributed by atoms with E-state index in [1.165, 1.54) is 32.1 Å². The van der Waals surface area contributed by atoms with Crippen molar-refractivity contribution < 1.29 is 9.53 Å². The molecule has 0 radical (unpaired) electrons. The van der Waals surface area contributed by atoms with Crippen LogP contribution in [-0.4, -0.2) is 19.0 Å². The summed E-state index contributed by atoms with van der Waals surface area (Å²) in [5, 5.41) is 0. The van der Waals surface area contributed by atoms with Crippen LogP contribution in [0.4, 0.5) is 0 Å². The Kier molecular flexibility index (Phi) is 5.85. The molecule has 0 amide bonds. The molecule has 0 aromatic rings. The summed E-state index contributed by atoms with van der Waals surface area (Å²) in [5.74, 6) is 0.974. The first-order valence-electron chi connectivity index (χ1n) is 5.92. The monoisotopic (exact) mass is 198 g/mol. The first-order chi connectivity index (χ1) is 6.83. The van der Waals surface area contributed by atoms with Crippen molar-refractivity contribution in [2.75, 3.05) is 13.2 Å². The van der Waals surface area contributed by atoms with Gasteiger partial charge in [0, 0.05) is 13.0 Å². The van der Waals surface area contributed by atoms with E-state index in [1.807, 2.05) is 6.92 Å². The number of hydrogen-bond donors (Lipinski definition) is 0. The summed E-state index contributed by atoms with van der Waals surface area (Å²) >= 11 is 0. The van der Waals surface area contributed by atoms with E-state index in [1.54, 1.807) is 0 Å². The van der Waals surface area contributed by atoms with Crippen LogP contribution >= 0.6 is 0 Å². The number of carbonyl (C=O) groups is 1. The maximum absolute atomic E-state index is 11.2. The van der Waals surface area contributed by atoms with Crippen LogP contribution in [0.3, 0.4) is 0 Å². The molecule has 0 N–H and O–H groups in total. The second-order valence-electron chi connectivity index (χ2n) is 4.31. The molecule has 1 saturated carbocycles. The number of rotatable bonds is 6. The summed E-state index contributed by atoms with van der Waals surface area (Å²) in [6.07, 6.45) is 8.26. The molecule has 2 heteroatoms. The molecule has 1 fully saturated rings. The minimum absolute atomic E-state index is 0.253. The van der Waals surface area contributed by atoms with Gasteiger partial charge in [-0.3, -0.25) is 4.79 Å². The van der Waals surface area contributed by atoms with Gasteiger partial charge in [-0.25, -0.2) is 0 Å². The molecule has 0 heterocycles. The lowest BCUT2D eigenvalue weighted by molar-refractivity contribution is -0.124. The normalized spacial score (nSPS) is 18.4. The van der Waals surface area contributed by atoms with E-state index in [-0.39, 0.29) is 5.78 Å². The molecule has 0 aromatic carbocycles. The number of hydrogen-bond acceptors (Lipinski definition) is 2. The number of ether oxygens (including phenoxy) is 1. The highest BCUT2D eigenvalue weighted by Crippen LogP contribution is 2.23. The molecular formula is C12H22O2. The predicted octanol–water partition coefficient (Wildman–Crippen LogP) is 2.95. The molecule has 1 rings (SSSR count). The van der Waals surface area contributed by atoms with Gasteiger partial charge in [-0.05, 0) is 25.2 Å². The van der Waals surface area contributed by atoms with Crippen molar-refractivity contribution >= 4 is 5.78 Å². The van der Waals surface area contributed by atoms with Gasteiger partial charge in [0.2, 0.25) is 0 Å². The van der Waals surface area contributed by atoms with Gasteiger partial charge >= 0.3 is 0 Å². The molecule has 2 nitrogen and oxygen atoms in total. The zero-order valence-corrected chi connectivity index (χ0v) is 9.26. The highest BCUT2D eigenvalue weighted by molar-refractivity contribution is 5.79. The minimum Gasteiger partial charge on any atom is -0.373 e. The molecule has 82 valence electrons. The van der Waals surface area contributed by atoms with Crippen molar-refractivity contribution in [2.24, 2.45) is 5.92 Å². The molecule has 14 heavy (non-hydrogen) atoms. The van der Waals surface area contributed by atoms with Crippen molar-refractivity contribution in [3.63, 3.8) is 0 Å². The average Bonchev–Trinajstić information content (AvgIpc) is 2.20. The van der Waals surface area contributed by atoms with Crippen molar-refractivity contribution in [1.29, 1.82) is 0 Å². The number of ketones is 1. The molecular weight excluding hydrogens is 176 g/mol. The van der Waals surface area contributed by atoms with Gasteiger partial charge < -0.3 is 4.74 Å². The van der Waals surface area contributed by atoms with Gasteiger partial charge in [-0.1, -0.05) is 26.2 Å². The lowest BCUT2D eigenvalue weighted by atomic mass is 9.90. The fourth-order valence-electron chi connectivity index (χ4n) is 2.04. The average molecular weight is 198 g/mol. The highest BCUT2D eigenvalue weighted by Gasteiger charge is 2.13. The largest absolute Gasteiger partial charge is 0.373 e. The van der Waals surface area contributed by atoms with Gasteiger partial charge in [-0.15, -0.1) is 0 Å². The molecule has 0 aromatic heterocycles. The van der Waals surface area contributed by atoms with Crippen LogP contribution in [0.2, 0.25) is 0 Å². The second-order valence-corrected chi connectivity index (χ2v) is 4.31. The maximum Gasteiger partial charge on any atom is 0.158 e. The fraction of sp³-hybridized carbons (Fsp3) is 0.917. The third-order valence-electron chi connectivity index (χ3n) is 2.87. The fourth-order valence-corrected chi connectivity index (χ4v) is 2.04. The van der Waals surface area contributed by atoms with Crippen LogP contribution in [0.25, 0.3) is 0 Å². The molecule has 0 spiro atoms. The smallest absolute Gasteiger partial charge is 0.158 e. The zero-order valence-electron chi connectivity index (χ0n) is 9.26. The van der Waals surface area contributed by atoms with E-state index in [0.717, 1.165) is 18.9 Å². The Morgan fingerprint density at radius 2 is 2.00 bits per heavy atom. The Morgan fingerprint density at radius 3 is 2.64 bits per heavy atom. The molecule has 1 aliphatic rings. The Labute approximate surface area is 87.0 Å². The van der Waals surface area contributed by atoms with Gasteiger partial charge in [-0.2, -0.15) is 0 Å². The Bertz CT molecular complexity index is 160. The topological polar surface area (TPSA) is 26.3 Å². The SMILES string of the molecule is CCCC(=O)COCC1CCCCC1. The standard InChI is InChI=1S/C12H22O2/c1-2-6-12(13)10-14-9-11-7-4-3-5-8-11/h11H,2-10H2,1H3. The van der Waals surface area contributed by atoms with Crippen molar-refractivity contribution in [2.45, 2.75) is 51.9 Å². The Morgan fingerprint density at radius 1 is 1.29 bits per heavy atom. The Balaban J connectivity index is 1.99. The summed E-state index contributed by atoms with van der Waals surface area (Å²) in [5.41, 5.74) is 0. The molecule has 0 bridgehead atoms. The van der Waals surface area contributed by atoms with Crippen LogP contribution in [0.15, 0.2) is 0 Å². The van der Waals surface area contributed by atoms with Crippen molar-refractivity contribution in [1.82, 2.24) is 0 Å². The van der Waals surface area contributed by atoms with E-state index in [4.69, 9.17) is 4.74 Å². The predicted molar refractivity (Wildman–Crippen MR) is 57.3 cm³/mol. The summed E-state index contributed by atoms with van der Waals surface area (Å²) in [6, 6.07) is 0. The van der Waals surface area contributed by atoms with Crippen LogP contribution in [0.5, 0.6) is 0 Å². The summed E-state index contributed by atoms with van der Waals surface area (Å²) in [6.45, 7) is 3.17. The lowest BCUT2D eigenvalue weighted by Crippen LogP contribution is -2.16. The first-order valence-corrected chi connectivity index (χ1v) is 5.92. The van der Waals surface area contributed by atoms with Crippen LogP contribution in [0.1, 0.15) is 51.9 Å². The maximum atomic E-state index is 11.2. The van der Waals surface area contributed by atoms with Crippen LogP contribution in [0, 0.1) is 5.92 Å².